The molecule has 3 nitrogen and oxygen atoms in total. The zero-order valence-electron chi connectivity index (χ0n) is 8.26. The highest BCUT2D eigenvalue weighted by Gasteiger charge is 2.04. The van der Waals surface area contributed by atoms with Gasteiger partial charge in [-0.05, 0) is 19.3 Å². The van der Waals surface area contributed by atoms with Crippen LogP contribution < -0.4 is 5.56 Å². The van der Waals surface area contributed by atoms with Crippen LogP contribution in [0.1, 0.15) is 37.9 Å². The Morgan fingerprint density at radius 1 is 1.46 bits per heavy atom. The lowest BCUT2D eigenvalue weighted by atomic mass is 10.1. The standard InChI is InChI=1S/C10H16N2O/c1-3-5-6-9-8(4-2)10(13)12-7-11-9/h7H,3-6H2,1-2H3,(H,11,12,13). The van der Waals surface area contributed by atoms with Crippen molar-refractivity contribution in [2.75, 3.05) is 0 Å². The molecule has 1 rings (SSSR count). The number of aromatic amines is 1. The van der Waals surface area contributed by atoms with Crippen LogP contribution in [0.3, 0.4) is 0 Å². The van der Waals surface area contributed by atoms with Crippen molar-refractivity contribution in [2.24, 2.45) is 0 Å². The summed E-state index contributed by atoms with van der Waals surface area (Å²) in [6.45, 7) is 4.13. The molecule has 0 unspecified atom stereocenters. The number of nitrogens with one attached hydrogen (secondary N) is 1. The number of hydrogen-bond acceptors (Lipinski definition) is 2. The molecular formula is C10H16N2O. The Bertz CT molecular complexity index is 317. The first-order valence-corrected chi connectivity index (χ1v) is 4.85. The Hall–Kier alpha value is -1.12. The van der Waals surface area contributed by atoms with E-state index in [2.05, 4.69) is 16.9 Å². The number of H-pyrrole nitrogens is 1. The minimum atomic E-state index is 0.0172. The van der Waals surface area contributed by atoms with Crippen LogP contribution in [-0.4, -0.2) is 9.97 Å². The van der Waals surface area contributed by atoms with Crippen molar-refractivity contribution in [3.63, 3.8) is 0 Å². The van der Waals surface area contributed by atoms with Gasteiger partial charge in [-0.25, -0.2) is 4.98 Å². The zero-order valence-corrected chi connectivity index (χ0v) is 8.26. The molecule has 1 aromatic heterocycles. The molecule has 1 heterocycles. The molecule has 0 saturated carbocycles. The van der Waals surface area contributed by atoms with Crippen LogP contribution in [-0.2, 0) is 12.8 Å². The van der Waals surface area contributed by atoms with Gasteiger partial charge in [0.2, 0.25) is 0 Å². The third kappa shape index (κ3) is 2.41. The molecule has 3 heteroatoms. The van der Waals surface area contributed by atoms with E-state index in [4.69, 9.17) is 0 Å². The van der Waals surface area contributed by atoms with Gasteiger partial charge in [-0.15, -0.1) is 0 Å². The average Bonchev–Trinajstić information content (AvgIpc) is 2.15. The second-order valence-corrected chi connectivity index (χ2v) is 3.11. The van der Waals surface area contributed by atoms with Crippen LogP contribution in [0.2, 0.25) is 0 Å². The molecule has 0 amide bonds. The van der Waals surface area contributed by atoms with Gasteiger partial charge < -0.3 is 4.98 Å². The van der Waals surface area contributed by atoms with Crippen molar-refractivity contribution >= 4 is 0 Å². The molecule has 13 heavy (non-hydrogen) atoms. The number of aryl methyl sites for hydroxylation is 1. The molecule has 1 aromatic rings. The van der Waals surface area contributed by atoms with Gasteiger partial charge in [0.05, 0.1) is 12.0 Å². The smallest absolute Gasteiger partial charge is 0.254 e. The van der Waals surface area contributed by atoms with E-state index in [1.807, 2.05) is 6.92 Å². The maximum Gasteiger partial charge on any atom is 0.254 e. The Balaban J connectivity index is 2.92. The van der Waals surface area contributed by atoms with Crippen molar-refractivity contribution in [1.29, 1.82) is 0 Å². The zero-order chi connectivity index (χ0) is 9.68. The maximum absolute atomic E-state index is 11.3. The highest BCUT2D eigenvalue weighted by atomic mass is 16.1. The van der Waals surface area contributed by atoms with Gasteiger partial charge in [0, 0.05) is 5.56 Å². The van der Waals surface area contributed by atoms with Gasteiger partial charge in [0.1, 0.15) is 0 Å². The van der Waals surface area contributed by atoms with Gasteiger partial charge >= 0.3 is 0 Å². The van der Waals surface area contributed by atoms with E-state index in [-0.39, 0.29) is 5.56 Å². The minimum absolute atomic E-state index is 0.0172. The molecule has 0 aliphatic rings. The van der Waals surface area contributed by atoms with Crippen LogP contribution in [0.25, 0.3) is 0 Å². The van der Waals surface area contributed by atoms with Crippen LogP contribution in [0.4, 0.5) is 0 Å². The Morgan fingerprint density at radius 3 is 2.85 bits per heavy atom. The fraction of sp³-hybridized carbons (Fsp3) is 0.600. The van der Waals surface area contributed by atoms with Crippen LogP contribution in [0.5, 0.6) is 0 Å². The molecule has 0 saturated heterocycles. The number of rotatable bonds is 4. The molecule has 0 atom stereocenters. The molecule has 1 N–H and O–H groups in total. The number of nitrogens with zero attached hydrogens (tertiary/aromatic N) is 1. The van der Waals surface area contributed by atoms with E-state index in [1.165, 1.54) is 6.33 Å². The van der Waals surface area contributed by atoms with E-state index in [0.29, 0.717) is 0 Å². The summed E-state index contributed by atoms with van der Waals surface area (Å²) in [5.74, 6) is 0. The Morgan fingerprint density at radius 2 is 2.23 bits per heavy atom. The summed E-state index contributed by atoms with van der Waals surface area (Å²) in [6, 6.07) is 0. The molecule has 0 aliphatic heterocycles. The molecule has 0 radical (unpaired) electrons. The summed E-state index contributed by atoms with van der Waals surface area (Å²) >= 11 is 0. The SMILES string of the molecule is CCCCc1nc[nH]c(=O)c1CC. The van der Waals surface area contributed by atoms with Crippen LogP contribution in [0, 0.1) is 0 Å². The fourth-order valence-corrected chi connectivity index (χ4v) is 1.39. The van der Waals surface area contributed by atoms with Crippen molar-refractivity contribution in [1.82, 2.24) is 9.97 Å². The predicted octanol–water partition coefficient (Wildman–Crippen LogP) is 1.67. The first-order valence-electron chi connectivity index (χ1n) is 4.85. The normalized spacial score (nSPS) is 10.3. The number of hydrogen-bond donors (Lipinski definition) is 1. The van der Waals surface area contributed by atoms with Crippen LogP contribution >= 0.6 is 0 Å². The molecule has 0 bridgehead atoms. The highest BCUT2D eigenvalue weighted by molar-refractivity contribution is 5.15. The van der Waals surface area contributed by atoms with Gasteiger partial charge in [-0.2, -0.15) is 0 Å². The molecule has 0 spiro atoms. The first kappa shape index (κ1) is 9.96. The third-order valence-corrected chi connectivity index (χ3v) is 2.16. The lowest BCUT2D eigenvalue weighted by Crippen LogP contribution is -2.16. The second-order valence-electron chi connectivity index (χ2n) is 3.11. The summed E-state index contributed by atoms with van der Waals surface area (Å²) in [4.78, 5) is 18.1. The Kier molecular flexibility index (Phi) is 3.68. The second kappa shape index (κ2) is 4.80. The van der Waals surface area contributed by atoms with Crippen molar-refractivity contribution in [3.05, 3.63) is 27.9 Å². The van der Waals surface area contributed by atoms with Gasteiger partial charge in [-0.3, -0.25) is 4.79 Å². The van der Waals surface area contributed by atoms with Crippen molar-refractivity contribution in [3.8, 4) is 0 Å². The van der Waals surface area contributed by atoms with Gasteiger partial charge in [-0.1, -0.05) is 20.3 Å². The van der Waals surface area contributed by atoms with Crippen molar-refractivity contribution < 1.29 is 0 Å². The van der Waals surface area contributed by atoms with E-state index in [9.17, 15) is 4.79 Å². The molecule has 72 valence electrons. The molecule has 0 aromatic carbocycles. The Labute approximate surface area is 78.2 Å². The quantitative estimate of drug-likeness (QED) is 0.766. The number of aromatic nitrogens is 2. The minimum Gasteiger partial charge on any atom is -0.313 e. The average molecular weight is 180 g/mol. The van der Waals surface area contributed by atoms with Crippen LogP contribution in [0.15, 0.2) is 11.1 Å². The van der Waals surface area contributed by atoms with Gasteiger partial charge in [0.15, 0.2) is 0 Å². The maximum atomic E-state index is 11.3. The summed E-state index contributed by atoms with van der Waals surface area (Å²) in [5, 5.41) is 0. The summed E-state index contributed by atoms with van der Waals surface area (Å²) in [7, 11) is 0. The summed E-state index contributed by atoms with van der Waals surface area (Å²) in [6.07, 6.45) is 5.42. The fourth-order valence-electron chi connectivity index (χ4n) is 1.39. The largest absolute Gasteiger partial charge is 0.313 e. The third-order valence-electron chi connectivity index (χ3n) is 2.16. The van der Waals surface area contributed by atoms with Crippen molar-refractivity contribution in [2.45, 2.75) is 39.5 Å². The summed E-state index contributed by atoms with van der Waals surface area (Å²) in [5.41, 5.74) is 1.83. The molecule has 0 aliphatic carbocycles. The summed E-state index contributed by atoms with van der Waals surface area (Å²) < 4.78 is 0. The highest BCUT2D eigenvalue weighted by Crippen LogP contribution is 2.04. The topological polar surface area (TPSA) is 45.8 Å². The van der Waals surface area contributed by atoms with E-state index < -0.39 is 0 Å². The predicted molar refractivity (Wildman–Crippen MR) is 52.8 cm³/mol. The van der Waals surface area contributed by atoms with Gasteiger partial charge in [0.25, 0.3) is 5.56 Å². The molecule has 0 fully saturated rings. The lowest BCUT2D eigenvalue weighted by molar-refractivity contribution is 0.757. The van der Waals surface area contributed by atoms with E-state index in [0.717, 1.165) is 36.9 Å². The number of unbranched alkanes of at least 4 members (excludes halogenated alkanes) is 1. The first-order chi connectivity index (χ1) is 6.29. The molecular weight excluding hydrogens is 164 g/mol. The monoisotopic (exact) mass is 180 g/mol. The van der Waals surface area contributed by atoms with E-state index >= 15 is 0 Å². The lowest BCUT2D eigenvalue weighted by Gasteiger charge is -2.03. The van der Waals surface area contributed by atoms with E-state index in [1.54, 1.807) is 0 Å².